The molecular weight excluding hydrogens is 342 g/mol. The SMILES string of the molecule is CN(C)c1cc(N(C)C2CCN(Cc3ccc4c(c3)OCCO4)C2)ncn1. The molecule has 7 nitrogen and oxygen atoms in total. The Morgan fingerprint density at radius 3 is 2.63 bits per heavy atom. The smallest absolute Gasteiger partial charge is 0.161 e. The predicted octanol–water partition coefficient (Wildman–Crippen LogP) is 2.02. The maximum Gasteiger partial charge on any atom is 0.161 e. The van der Waals surface area contributed by atoms with E-state index in [0.29, 0.717) is 19.3 Å². The third-order valence-corrected chi connectivity index (χ3v) is 5.27. The van der Waals surface area contributed by atoms with Crippen molar-refractivity contribution >= 4 is 11.6 Å². The van der Waals surface area contributed by atoms with Gasteiger partial charge in [0, 0.05) is 52.9 Å². The molecule has 1 saturated heterocycles. The Hall–Kier alpha value is -2.54. The lowest BCUT2D eigenvalue weighted by molar-refractivity contribution is 0.171. The average molecular weight is 369 g/mol. The van der Waals surface area contributed by atoms with E-state index in [1.54, 1.807) is 6.33 Å². The van der Waals surface area contributed by atoms with Gasteiger partial charge in [-0.15, -0.1) is 0 Å². The molecule has 0 bridgehead atoms. The average Bonchev–Trinajstić information content (AvgIpc) is 3.16. The molecule has 2 aliphatic rings. The molecule has 0 spiro atoms. The van der Waals surface area contributed by atoms with Gasteiger partial charge in [0.1, 0.15) is 31.2 Å². The van der Waals surface area contributed by atoms with Crippen molar-refractivity contribution in [1.82, 2.24) is 14.9 Å². The van der Waals surface area contributed by atoms with Gasteiger partial charge >= 0.3 is 0 Å². The summed E-state index contributed by atoms with van der Waals surface area (Å²) in [4.78, 5) is 15.5. The Morgan fingerprint density at radius 2 is 1.81 bits per heavy atom. The number of fused-ring (bicyclic) bond motifs is 1. The first kappa shape index (κ1) is 17.9. The molecule has 1 aromatic carbocycles. The highest BCUT2D eigenvalue weighted by Crippen LogP contribution is 2.31. The van der Waals surface area contributed by atoms with Gasteiger partial charge in [0.15, 0.2) is 11.5 Å². The summed E-state index contributed by atoms with van der Waals surface area (Å²) >= 11 is 0. The molecule has 3 heterocycles. The number of rotatable bonds is 5. The fraction of sp³-hybridized carbons (Fsp3) is 0.500. The lowest BCUT2D eigenvalue weighted by Gasteiger charge is -2.27. The van der Waals surface area contributed by atoms with Gasteiger partial charge in [0.2, 0.25) is 0 Å². The summed E-state index contributed by atoms with van der Waals surface area (Å²) in [6.07, 6.45) is 2.77. The maximum atomic E-state index is 5.71. The summed E-state index contributed by atoms with van der Waals surface area (Å²) in [7, 11) is 6.12. The molecule has 1 aromatic heterocycles. The third kappa shape index (κ3) is 3.93. The number of likely N-dealkylation sites (tertiary alicyclic amines) is 1. The number of ether oxygens (including phenoxy) is 2. The van der Waals surface area contributed by atoms with Crippen LogP contribution in [0.2, 0.25) is 0 Å². The van der Waals surface area contributed by atoms with Crippen LogP contribution in [-0.4, -0.2) is 68.4 Å². The van der Waals surface area contributed by atoms with Crippen LogP contribution in [-0.2, 0) is 6.54 Å². The van der Waals surface area contributed by atoms with Crippen molar-refractivity contribution in [3.05, 3.63) is 36.2 Å². The second-order valence-electron chi connectivity index (χ2n) is 7.40. The summed E-state index contributed by atoms with van der Waals surface area (Å²) in [5, 5.41) is 0. The van der Waals surface area contributed by atoms with Crippen molar-refractivity contribution in [2.75, 3.05) is 57.2 Å². The van der Waals surface area contributed by atoms with Gasteiger partial charge in [-0.25, -0.2) is 9.97 Å². The zero-order chi connectivity index (χ0) is 18.8. The Balaban J connectivity index is 1.39. The van der Waals surface area contributed by atoms with Crippen LogP contribution in [0.1, 0.15) is 12.0 Å². The number of nitrogens with zero attached hydrogens (tertiary/aromatic N) is 5. The normalized spacial score (nSPS) is 19.1. The van der Waals surface area contributed by atoms with E-state index >= 15 is 0 Å². The molecule has 1 fully saturated rings. The fourth-order valence-corrected chi connectivity index (χ4v) is 3.68. The lowest BCUT2D eigenvalue weighted by Crippen LogP contribution is -2.35. The maximum absolute atomic E-state index is 5.71. The van der Waals surface area contributed by atoms with E-state index in [1.807, 2.05) is 31.1 Å². The molecular formula is C20H27N5O2. The molecule has 0 saturated carbocycles. The zero-order valence-electron chi connectivity index (χ0n) is 16.3. The van der Waals surface area contributed by atoms with Crippen molar-refractivity contribution in [1.29, 1.82) is 0 Å². The topological polar surface area (TPSA) is 54.0 Å². The van der Waals surface area contributed by atoms with Crippen LogP contribution in [0, 0.1) is 0 Å². The summed E-state index contributed by atoms with van der Waals surface area (Å²) in [6.45, 7) is 4.28. The van der Waals surface area contributed by atoms with E-state index < -0.39 is 0 Å². The minimum atomic E-state index is 0.451. The van der Waals surface area contributed by atoms with Crippen LogP contribution in [0.3, 0.4) is 0 Å². The van der Waals surface area contributed by atoms with Crippen LogP contribution < -0.4 is 19.3 Å². The van der Waals surface area contributed by atoms with Crippen molar-refractivity contribution in [3.63, 3.8) is 0 Å². The number of aromatic nitrogens is 2. The summed E-state index contributed by atoms with van der Waals surface area (Å²) in [5.74, 6) is 3.62. The first-order valence-corrected chi connectivity index (χ1v) is 9.43. The molecule has 1 atom stereocenters. The molecule has 2 aliphatic heterocycles. The summed E-state index contributed by atoms with van der Waals surface area (Å²) < 4.78 is 11.3. The first-order chi connectivity index (χ1) is 13.1. The highest BCUT2D eigenvalue weighted by molar-refractivity contribution is 5.49. The van der Waals surface area contributed by atoms with Gasteiger partial charge in [-0.05, 0) is 24.1 Å². The minimum absolute atomic E-state index is 0.451. The number of hydrogen-bond acceptors (Lipinski definition) is 7. The van der Waals surface area contributed by atoms with Crippen LogP contribution in [0.25, 0.3) is 0 Å². The van der Waals surface area contributed by atoms with Gasteiger partial charge in [-0.2, -0.15) is 0 Å². The Kier molecular flexibility index (Phi) is 5.03. The highest BCUT2D eigenvalue weighted by atomic mass is 16.6. The second kappa shape index (κ2) is 7.60. The van der Waals surface area contributed by atoms with Crippen LogP contribution in [0.4, 0.5) is 11.6 Å². The lowest BCUT2D eigenvalue weighted by atomic mass is 10.2. The van der Waals surface area contributed by atoms with Crippen LogP contribution >= 0.6 is 0 Å². The van der Waals surface area contributed by atoms with Crippen molar-refractivity contribution in [2.24, 2.45) is 0 Å². The van der Waals surface area contributed by atoms with E-state index in [-0.39, 0.29) is 0 Å². The van der Waals surface area contributed by atoms with Crippen molar-refractivity contribution < 1.29 is 9.47 Å². The highest BCUT2D eigenvalue weighted by Gasteiger charge is 2.27. The molecule has 144 valence electrons. The second-order valence-corrected chi connectivity index (χ2v) is 7.40. The number of likely N-dealkylation sites (N-methyl/N-ethyl adjacent to an activating group) is 1. The molecule has 7 heteroatoms. The standard InChI is InChI=1S/C20H27N5O2/c1-23(2)19-11-20(22-14-21-19)24(3)16-6-7-25(13-16)12-15-4-5-17-18(10-15)27-9-8-26-17/h4-5,10-11,14,16H,6-9,12-13H2,1-3H3. The Bertz CT molecular complexity index is 798. The number of benzene rings is 1. The number of anilines is 2. The van der Waals surface area contributed by atoms with Gasteiger partial charge < -0.3 is 19.3 Å². The van der Waals surface area contributed by atoms with Crippen LogP contribution in [0.5, 0.6) is 11.5 Å². The molecule has 4 rings (SSSR count). The third-order valence-electron chi connectivity index (χ3n) is 5.27. The number of hydrogen-bond donors (Lipinski definition) is 0. The monoisotopic (exact) mass is 369 g/mol. The predicted molar refractivity (Wildman–Crippen MR) is 106 cm³/mol. The molecule has 2 aromatic rings. The Morgan fingerprint density at radius 1 is 1.04 bits per heavy atom. The molecule has 1 unspecified atom stereocenters. The quantitative estimate of drug-likeness (QED) is 0.799. The zero-order valence-corrected chi connectivity index (χ0v) is 16.3. The Labute approximate surface area is 160 Å². The molecule has 0 amide bonds. The van der Waals surface area contributed by atoms with E-state index in [4.69, 9.17) is 9.47 Å². The van der Waals surface area contributed by atoms with Crippen molar-refractivity contribution in [2.45, 2.75) is 19.0 Å². The van der Waals surface area contributed by atoms with E-state index in [9.17, 15) is 0 Å². The fourth-order valence-electron chi connectivity index (χ4n) is 3.68. The largest absolute Gasteiger partial charge is 0.486 e. The van der Waals surface area contributed by atoms with E-state index in [2.05, 4.69) is 38.9 Å². The van der Waals surface area contributed by atoms with Crippen molar-refractivity contribution in [3.8, 4) is 11.5 Å². The summed E-state index contributed by atoms with van der Waals surface area (Å²) in [5.41, 5.74) is 1.26. The molecule has 0 radical (unpaired) electrons. The van der Waals surface area contributed by atoms with Gasteiger partial charge in [0.05, 0.1) is 0 Å². The van der Waals surface area contributed by atoms with Gasteiger partial charge in [0.25, 0.3) is 0 Å². The van der Waals surface area contributed by atoms with Gasteiger partial charge in [-0.3, -0.25) is 4.90 Å². The first-order valence-electron chi connectivity index (χ1n) is 9.43. The molecule has 0 aliphatic carbocycles. The molecule has 0 N–H and O–H groups in total. The summed E-state index contributed by atoms with van der Waals surface area (Å²) in [6, 6.07) is 8.76. The van der Waals surface area contributed by atoms with E-state index in [0.717, 1.165) is 49.2 Å². The molecule has 27 heavy (non-hydrogen) atoms. The van der Waals surface area contributed by atoms with Crippen LogP contribution in [0.15, 0.2) is 30.6 Å². The van der Waals surface area contributed by atoms with Gasteiger partial charge in [-0.1, -0.05) is 6.07 Å². The minimum Gasteiger partial charge on any atom is -0.486 e. The van der Waals surface area contributed by atoms with E-state index in [1.165, 1.54) is 5.56 Å².